The quantitative estimate of drug-likeness (QED) is 0.566. The van der Waals surface area contributed by atoms with E-state index in [1.54, 1.807) is 24.3 Å². The second kappa shape index (κ2) is 6.98. The number of piperidine rings is 1. The van der Waals surface area contributed by atoms with Gasteiger partial charge >= 0.3 is 0 Å². The Morgan fingerprint density at radius 1 is 0.846 bits per heavy atom. The van der Waals surface area contributed by atoms with Gasteiger partial charge in [0.2, 0.25) is 0 Å². The van der Waals surface area contributed by atoms with Gasteiger partial charge in [0.1, 0.15) is 17.3 Å². The van der Waals surface area contributed by atoms with Crippen molar-refractivity contribution in [1.29, 1.82) is 0 Å². The molecule has 2 aromatic rings. The van der Waals surface area contributed by atoms with Gasteiger partial charge in [-0.25, -0.2) is 0 Å². The van der Waals surface area contributed by atoms with Crippen molar-refractivity contribution in [2.45, 2.75) is 31.3 Å². The largest absolute Gasteiger partial charge is 0.508 e. The SMILES string of the molecule is O=C1[C@H]2CCC[C@H]1[C@H](c1cc(Br)ccc1O)N[C@@H]2c1cc(Br)ccc1O. The van der Waals surface area contributed by atoms with Gasteiger partial charge in [-0.05, 0) is 49.2 Å². The lowest BCUT2D eigenvalue weighted by molar-refractivity contribution is -0.135. The molecule has 2 aliphatic rings. The van der Waals surface area contributed by atoms with Crippen LogP contribution in [0.5, 0.6) is 11.5 Å². The van der Waals surface area contributed by atoms with Gasteiger partial charge in [0.15, 0.2) is 0 Å². The number of hydrogen-bond donors (Lipinski definition) is 3. The van der Waals surface area contributed by atoms with E-state index in [9.17, 15) is 15.0 Å². The van der Waals surface area contributed by atoms with Gasteiger partial charge in [-0.1, -0.05) is 38.3 Å². The molecule has 1 saturated carbocycles. The van der Waals surface area contributed by atoms with Crippen LogP contribution in [0.25, 0.3) is 0 Å². The van der Waals surface area contributed by atoms with Crippen LogP contribution in [-0.4, -0.2) is 16.0 Å². The minimum Gasteiger partial charge on any atom is -0.508 e. The first kappa shape index (κ1) is 18.0. The first-order valence-electron chi connectivity index (χ1n) is 8.72. The third-order valence-electron chi connectivity index (χ3n) is 5.57. The van der Waals surface area contributed by atoms with Crippen molar-refractivity contribution in [3.63, 3.8) is 0 Å². The van der Waals surface area contributed by atoms with Gasteiger partial charge in [0, 0.05) is 44.0 Å². The van der Waals surface area contributed by atoms with E-state index in [-0.39, 0.29) is 41.2 Å². The number of aromatic hydroxyl groups is 2. The molecule has 0 aromatic heterocycles. The number of carbonyl (C=O) groups is 1. The Morgan fingerprint density at radius 3 is 1.77 bits per heavy atom. The highest BCUT2D eigenvalue weighted by atomic mass is 79.9. The normalized spacial score (nSPS) is 28.2. The molecule has 6 heteroatoms. The van der Waals surface area contributed by atoms with Gasteiger partial charge in [0.05, 0.1) is 0 Å². The lowest BCUT2D eigenvalue weighted by atomic mass is 9.67. The highest BCUT2D eigenvalue weighted by molar-refractivity contribution is 9.10. The van der Waals surface area contributed by atoms with Gasteiger partial charge in [-0.15, -0.1) is 0 Å². The average Bonchev–Trinajstić information content (AvgIpc) is 2.60. The van der Waals surface area contributed by atoms with Gasteiger partial charge in [-0.2, -0.15) is 0 Å². The third kappa shape index (κ3) is 3.08. The lowest BCUT2D eigenvalue weighted by Gasteiger charge is -2.45. The van der Waals surface area contributed by atoms with Crippen molar-refractivity contribution in [2.24, 2.45) is 11.8 Å². The highest BCUT2D eigenvalue weighted by Gasteiger charge is 2.47. The maximum absolute atomic E-state index is 13.1. The summed E-state index contributed by atoms with van der Waals surface area (Å²) >= 11 is 6.91. The molecule has 0 spiro atoms. The minimum absolute atomic E-state index is 0.153. The van der Waals surface area contributed by atoms with E-state index in [0.717, 1.165) is 39.3 Å². The fourth-order valence-corrected chi connectivity index (χ4v) is 5.12. The van der Waals surface area contributed by atoms with Gasteiger partial charge in [-0.3, -0.25) is 4.79 Å². The smallest absolute Gasteiger partial charge is 0.142 e. The molecule has 2 fully saturated rings. The minimum atomic E-state index is -0.278. The molecule has 4 nitrogen and oxygen atoms in total. The molecule has 26 heavy (non-hydrogen) atoms. The second-order valence-corrected chi connectivity index (χ2v) is 8.91. The summed E-state index contributed by atoms with van der Waals surface area (Å²) in [6.45, 7) is 0. The van der Waals surface area contributed by atoms with E-state index in [0.29, 0.717) is 0 Å². The molecular weight excluding hydrogens is 462 g/mol. The van der Waals surface area contributed by atoms with Crippen LogP contribution in [-0.2, 0) is 4.79 Å². The molecule has 0 amide bonds. The van der Waals surface area contributed by atoms with E-state index in [2.05, 4.69) is 37.2 Å². The number of carbonyl (C=O) groups excluding carboxylic acids is 1. The van der Waals surface area contributed by atoms with Crippen molar-refractivity contribution in [2.75, 3.05) is 0 Å². The molecule has 1 aliphatic heterocycles. The summed E-state index contributed by atoms with van der Waals surface area (Å²) in [7, 11) is 0. The zero-order chi connectivity index (χ0) is 18.4. The first-order valence-corrected chi connectivity index (χ1v) is 10.3. The Hall–Kier alpha value is -1.37. The number of Topliss-reactive ketones (excluding diaryl/α,β-unsaturated/α-hetero) is 1. The van der Waals surface area contributed by atoms with Crippen molar-refractivity contribution in [3.8, 4) is 11.5 Å². The van der Waals surface area contributed by atoms with Crippen LogP contribution in [0.15, 0.2) is 45.3 Å². The van der Waals surface area contributed by atoms with E-state index in [1.165, 1.54) is 0 Å². The summed E-state index contributed by atoms with van der Waals surface area (Å²) in [4.78, 5) is 13.1. The fraction of sp³-hybridized carbons (Fsp3) is 0.350. The molecule has 1 heterocycles. The van der Waals surface area contributed by atoms with Crippen LogP contribution < -0.4 is 5.32 Å². The molecule has 2 aromatic carbocycles. The Bertz CT molecular complexity index is 803. The highest BCUT2D eigenvalue weighted by Crippen LogP contribution is 2.49. The van der Waals surface area contributed by atoms with Crippen molar-refractivity contribution in [1.82, 2.24) is 5.32 Å². The molecule has 2 bridgehead atoms. The predicted molar refractivity (Wildman–Crippen MR) is 106 cm³/mol. The zero-order valence-corrected chi connectivity index (χ0v) is 17.1. The molecular formula is C20H19Br2NO3. The van der Waals surface area contributed by atoms with Crippen molar-refractivity contribution < 1.29 is 15.0 Å². The number of benzene rings is 2. The maximum Gasteiger partial charge on any atom is 0.142 e. The maximum atomic E-state index is 13.1. The topological polar surface area (TPSA) is 69.6 Å². The molecule has 1 aliphatic carbocycles. The van der Waals surface area contributed by atoms with Crippen LogP contribution in [0.1, 0.15) is 42.5 Å². The standard InChI is InChI=1S/C20H19Br2NO3/c21-10-4-6-16(24)14(8-10)18-12-2-1-3-13(20(12)26)19(23-18)15-9-11(22)5-7-17(15)25/h4-9,12-13,18-19,23-25H,1-3H2/t12-,13-,18-,19+/m0/s1. The summed E-state index contributed by atoms with van der Waals surface area (Å²) in [6, 6.07) is 10.0. The average molecular weight is 481 g/mol. The lowest BCUT2D eigenvalue weighted by Crippen LogP contribution is -2.50. The first-order chi connectivity index (χ1) is 12.5. The number of halogens is 2. The van der Waals surface area contributed by atoms with E-state index in [4.69, 9.17) is 0 Å². The molecule has 136 valence electrons. The van der Waals surface area contributed by atoms with Crippen LogP contribution in [0.3, 0.4) is 0 Å². The number of phenols is 2. The van der Waals surface area contributed by atoms with Gasteiger partial charge in [0.25, 0.3) is 0 Å². The summed E-state index contributed by atoms with van der Waals surface area (Å²) in [5.74, 6) is 0.280. The number of nitrogens with one attached hydrogen (secondary N) is 1. The summed E-state index contributed by atoms with van der Waals surface area (Å²) in [6.07, 6.45) is 2.60. The van der Waals surface area contributed by atoms with Crippen molar-refractivity contribution in [3.05, 3.63) is 56.5 Å². The Morgan fingerprint density at radius 2 is 1.31 bits per heavy atom. The number of phenolic OH excluding ortho intramolecular Hbond substituents is 2. The van der Waals surface area contributed by atoms with Crippen LogP contribution in [0, 0.1) is 11.8 Å². The number of rotatable bonds is 2. The zero-order valence-electron chi connectivity index (χ0n) is 14.0. The Balaban J connectivity index is 1.80. The number of hydrogen-bond acceptors (Lipinski definition) is 4. The Kier molecular flexibility index (Phi) is 4.84. The van der Waals surface area contributed by atoms with E-state index in [1.807, 2.05) is 12.1 Å². The number of ketones is 1. The second-order valence-electron chi connectivity index (χ2n) is 7.07. The molecule has 3 N–H and O–H groups in total. The molecule has 1 saturated heterocycles. The van der Waals surface area contributed by atoms with Gasteiger partial charge < -0.3 is 15.5 Å². The summed E-state index contributed by atoms with van der Waals surface area (Å²) < 4.78 is 1.72. The fourth-order valence-electron chi connectivity index (χ4n) is 4.37. The number of fused-ring (bicyclic) bond motifs is 2. The molecule has 4 atom stereocenters. The summed E-state index contributed by atoms with van der Waals surface area (Å²) in [5.41, 5.74) is 1.44. The van der Waals surface area contributed by atoms with E-state index < -0.39 is 0 Å². The molecule has 0 radical (unpaired) electrons. The molecule has 0 unspecified atom stereocenters. The van der Waals surface area contributed by atoms with Crippen molar-refractivity contribution >= 4 is 37.6 Å². The summed E-state index contributed by atoms with van der Waals surface area (Å²) in [5, 5.41) is 24.4. The van der Waals surface area contributed by atoms with E-state index >= 15 is 0 Å². The van der Waals surface area contributed by atoms with Crippen LogP contribution in [0.2, 0.25) is 0 Å². The third-order valence-corrected chi connectivity index (χ3v) is 6.56. The van der Waals surface area contributed by atoms with Crippen LogP contribution in [0.4, 0.5) is 0 Å². The Labute approximate surface area is 168 Å². The monoisotopic (exact) mass is 479 g/mol. The van der Waals surface area contributed by atoms with Crippen LogP contribution >= 0.6 is 31.9 Å². The molecule has 4 rings (SSSR count). The predicted octanol–water partition coefficient (Wildman–Crippen LogP) is 4.99.